The second-order valence-corrected chi connectivity index (χ2v) is 7.84. The first-order valence-electron chi connectivity index (χ1n) is 9.90. The molecule has 142 valence electrons. The van der Waals surface area contributed by atoms with Crippen molar-refractivity contribution in [2.24, 2.45) is 0 Å². The van der Waals surface area contributed by atoms with Crippen molar-refractivity contribution in [3.8, 4) is 0 Å². The lowest BCUT2D eigenvalue weighted by atomic mass is 9.81. The fourth-order valence-corrected chi connectivity index (χ4v) is 4.75. The van der Waals surface area contributed by atoms with Crippen LogP contribution in [0.25, 0.3) is 0 Å². The zero-order chi connectivity index (χ0) is 18.6. The molecule has 27 heavy (non-hydrogen) atoms. The lowest BCUT2D eigenvalue weighted by Crippen LogP contribution is -3.20. The van der Waals surface area contributed by atoms with E-state index in [9.17, 15) is 9.18 Å². The van der Waals surface area contributed by atoms with Crippen molar-refractivity contribution >= 4 is 11.7 Å². The Balaban J connectivity index is 1.36. The molecule has 2 aliphatic rings. The largest absolute Gasteiger partial charge is 0.335 e. The van der Waals surface area contributed by atoms with E-state index in [0.29, 0.717) is 12.1 Å². The second kappa shape index (κ2) is 8.09. The molecule has 2 aliphatic heterocycles. The highest BCUT2D eigenvalue weighted by atomic mass is 19.1. The molecule has 5 heteroatoms. The maximum absolute atomic E-state index is 13.2. The third kappa shape index (κ3) is 4.48. The summed E-state index contributed by atoms with van der Waals surface area (Å²) >= 11 is 0. The summed E-state index contributed by atoms with van der Waals surface area (Å²) in [7, 11) is 0. The number of hydrogen-bond acceptors (Lipinski definition) is 1. The number of halogens is 1. The van der Waals surface area contributed by atoms with Gasteiger partial charge < -0.3 is 15.5 Å². The minimum Gasteiger partial charge on any atom is -0.335 e. The molecule has 2 amide bonds. The molecule has 2 aromatic rings. The Bertz CT molecular complexity index is 751. The van der Waals surface area contributed by atoms with Crippen molar-refractivity contribution in [3.63, 3.8) is 0 Å². The van der Waals surface area contributed by atoms with Gasteiger partial charge in [-0.1, -0.05) is 30.3 Å². The first kappa shape index (κ1) is 18.0. The number of piperidine rings is 2. The maximum atomic E-state index is 13.2. The minimum atomic E-state index is -0.179. The fraction of sp³-hybridized carbons (Fsp3) is 0.409. The Labute approximate surface area is 159 Å². The Kier molecular flexibility index (Phi) is 5.39. The van der Waals surface area contributed by atoms with E-state index < -0.39 is 0 Å². The number of amides is 2. The lowest BCUT2D eigenvalue weighted by molar-refractivity contribution is -0.973. The van der Waals surface area contributed by atoms with Crippen LogP contribution < -0.4 is 15.5 Å². The number of anilines is 1. The van der Waals surface area contributed by atoms with E-state index in [-0.39, 0.29) is 17.9 Å². The molecule has 3 N–H and O–H groups in total. The number of carbonyl (C=O) groups excluding carboxylic acids is 1. The number of benzene rings is 2. The van der Waals surface area contributed by atoms with Gasteiger partial charge in [0.15, 0.2) is 0 Å². The summed E-state index contributed by atoms with van der Waals surface area (Å²) in [5.74, 6) is -0.179. The van der Waals surface area contributed by atoms with Crippen molar-refractivity contribution in [2.45, 2.75) is 56.8 Å². The van der Waals surface area contributed by atoms with Gasteiger partial charge in [0, 0.05) is 30.1 Å². The van der Waals surface area contributed by atoms with E-state index >= 15 is 0 Å². The van der Waals surface area contributed by atoms with Crippen LogP contribution in [0.1, 0.15) is 37.7 Å². The quantitative estimate of drug-likeness (QED) is 0.763. The van der Waals surface area contributed by atoms with E-state index in [4.69, 9.17) is 0 Å². The SMILES string of the molecule is O=C(Nc1ccccc1)NC1C[C@H]2CCC[C@@H](C1)[NH+]2Cc1ccc(F)cc1. The Morgan fingerprint density at radius 2 is 1.67 bits per heavy atom. The minimum absolute atomic E-state index is 0.119. The molecule has 0 aromatic heterocycles. The van der Waals surface area contributed by atoms with Crippen molar-refractivity contribution < 1.29 is 14.1 Å². The standard InChI is InChI=1S/C22H26FN3O/c23-17-11-9-16(10-12-17)15-26-20-7-4-8-21(26)14-19(13-20)25-22(27)24-18-5-2-1-3-6-18/h1-3,5-6,9-12,19-21H,4,7-8,13-15H2,(H2,24,25,27)/p+1/t19?,20-,21+. The molecule has 2 aromatic carbocycles. The summed E-state index contributed by atoms with van der Waals surface area (Å²) in [5.41, 5.74) is 2.01. The van der Waals surface area contributed by atoms with Gasteiger partial charge in [0.25, 0.3) is 0 Å². The molecule has 0 radical (unpaired) electrons. The number of carbonyl (C=O) groups is 1. The van der Waals surface area contributed by atoms with Gasteiger partial charge in [0.05, 0.1) is 12.1 Å². The number of fused-ring (bicyclic) bond motifs is 2. The van der Waals surface area contributed by atoms with Crippen molar-refractivity contribution in [2.75, 3.05) is 5.32 Å². The number of para-hydroxylation sites is 1. The molecule has 4 nitrogen and oxygen atoms in total. The Morgan fingerprint density at radius 1 is 1.00 bits per heavy atom. The monoisotopic (exact) mass is 368 g/mol. The molecule has 2 unspecified atom stereocenters. The van der Waals surface area contributed by atoms with Crippen molar-refractivity contribution in [1.82, 2.24) is 5.32 Å². The van der Waals surface area contributed by atoms with Gasteiger partial charge in [-0.2, -0.15) is 0 Å². The summed E-state index contributed by atoms with van der Waals surface area (Å²) < 4.78 is 13.2. The van der Waals surface area contributed by atoms with Crippen LogP contribution in [0.2, 0.25) is 0 Å². The normalized spacial score (nSPS) is 27.0. The molecule has 4 rings (SSSR count). The van der Waals surface area contributed by atoms with Gasteiger partial charge in [-0.25, -0.2) is 9.18 Å². The van der Waals surface area contributed by atoms with Crippen LogP contribution in [0, 0.1) is 5.82 Å². The molecular formula is C22H27FN3O+. The number of hydrogen-bond donors (Lipinski definition) is 3. The van der Waals surface area contributed by atoms with Crippen LogP contribution in [0.4, 0.5) is 14.9 Å². The highest BCUT2D eigenvalue weighted by Crippen LogP contribution is 2.23. The summed E-state index contributed by atoms with van der Waals surface area (Å²) in [6.07, 6.45) is 5.69. The van der Waals surface area contributed by atoms with Gasteiger partial charge in [-0.15, -0.1) is 0 Å². The first-order chi connectivity index (χ1) is 13.2. The number of nitrogens with one attached hydrogen (secondary N) is 3. The van der Waals surface area contributed by atoms with Crippen LogP contribution >= 0.6 is 0 Å². The Morgan fingerprint density at radius 3 is 2.33 bits per heavy atom. The topological polar surface area (TPSA) is 45.6 Å². The Hall–Kier alpha value is -2.40. The van der Waals surface area contributed by atoms with Gasteiger partial charge in [0.1, 0.15) is 12.4 Å². The summed E-state index contributed by atoms with van der Waals surface area (Å²) in [6.45, 7) is 0.943. The fourth-order valence-electron chi connectivity index (χ4n) is 4.75. The molecule has 2 bridgehead atoms. The predicted molar refractivity (Wildman–Crippen MR) is 104 cm³/mol. The summed E-state index contributed by atoms with van der Waals surface area (Å²) in [6, 6.07) is 17.7. The highest BCUT2D eigenvalue weighted by molar-refractivity contribution is 5.89. The molecule has 2 saturated heterocycles. The summed E-state index contributed by atoms with van der Waals surface area (Å²) in [5, 5.41) is 6.09. The zero-order valence-electron chi connectivity index (χ0n) is 15.5. The molecule has 2 fully saturated rings. The van der Waals surface area contributed by atoms with E-state index in [1.807, 2.05) is 42.5 Å². The summed E-state index contributed by atoms with van der Waals surface area (Å²) in [4.78, 5) is 13.9. The smallest absolute Gasteiger partial charge is 0.319 e. The van der Waals surface area contributed by atoms with Gasteiger partial charge in [-0.05, 0) is 43.5 Å². The van der Waals surface area contributed by atoms with Crippen LogP contribution in [-0.2, 0) is 6.54 Å². The third-order valence-corrected chi connectivity index (χ3v) is 5.98. The first-order valence-corrected chi connectivity index (χ1v) is 9.90. The molecule has 0 spiro atoms. The molecular weight excluding hydrogens is 341 g/mol. The highest BCUT2D eigenvalue weighted by Gasteiger charge is 2.42. The maximum Gasteiger partial charge on any atom is 0.319 e. The number of urea groups is 1. The van der Waals surface area contributed by atoms with Crippen LogP contribution in [0.15, 0.2) is 54.6 Å². The van der Waals surface area contributed by atoms with Crippen LogP contribution in [-0.4, -0.2) is 24.2 Å². The van der Waals surface area contributed by atoms with Crippen molar-refractivity contribution in [1.29, 1.82) is 0 Å². The molecule has 0 saturated carbocycles. The predicted octanol–water partition coefficient (Wildman–Crippen LogP) is 3.12. The molecule has 4 atom stereocenters. The van der Waals surface area contributed by atoms with Gasteiger partial charge >= 0.3 is 6.03 Å². The average Bonchev–Trinajstić information content (AvgIpc) is 2.65. The van der Waals surface area contributed by atoms with Crippen LogP contribution in [0.5, 0.6) is 0 Å². The van der Waals surface area contributed by atoms with E-state index in [2.05, 4.69) is 10.6 Å². The third-order valence-electron chi connectivity index (χ3n) is 5.98. The van der Waals surface area contributed by atoms with Crippen molar-refractivity contribution in [3.05, 3.63) is 66.0 Å². The zero-order valence-corrected chi connectivity index (χ0v) is 15.5. The average molecular weight is 368 g/mol. The number of quaternary nitrogens is 1. The van der Waals surface area contributed by atoms with Gasteiger partial charge in [0.2, 0.25) is 0 Å². The second-order valence-electron chi connectivity index (χ2n) is 7.84. The number of rotatable bonds is 4. The lowest BCUT2D eigenvalue weighted by Gasteiger charge is -2.46. The van der Waals surface area contributed by atoms with Gasteiger partial charge in [-0.3, -0.25) is 0 Å². The molecule has 2 heterocycles. The van der Waals surface area contributed by atoms with E-state index in [1.165, 1.54) is 24.8 Å². The van der Waals surface area contributed by atoms with Crippen LogP contribution in [0.3, 0.4) is 0 Å². The van der Waals surface area contributed by atoms with E-state index in [1.54, 1.807) is 17.0 Å². The molecule has 0 aliphatic carbocycles. The van der Waals surface area contributed by atoms with E-state index in [0.717, 1.165) is 25.1 Å².